The van der Waals surface area contributed by atoms with Crippen molar-refractivity contribution in [1.82, 2.24) is 0 Å². The quantitative estimate of drug-likeness (QED) is 0.590. The minimum atomic E-state index is 0.145. The molecule has 1 aliphatic carbocycles. The second-order valence-corrected chi connectivity index (χ2v) is 3.65. The van der Waals surface area contributed by atoms with Crippen LogP contribution in [0.2, 0.25) is 0 Å². The molecule has 1 spiro atoms. The van der Waals surface area contributed by atoms with Crippen LogP contribution in [-0.4, -0.2) is 24.4 Å². The molecule has 2 heteroatoms. The van der Waals surface area contributed by atoms with E-state index in [4.69, 9.17) is 9.84 Å². The fourth-order valence-electron chi connectivity index (χ4n) is 1.63. The molecule has 1 saturated carbocycles. The first-order chi connectivity index (χ1) is 4.85. The topological polar surface area (TPSA) is 29.5 Å². The van der Waals surface area contributed by atoms with E-state index in [-0.39, 0.29) is 12.7 Å². The summed E-state index contributed by atoms with van der Waals surface area (Å²) >= 11 is 0. The highest BCUT2D eigenvalue weighted by Crippen LogP contribution is 2.52. The maximum absolute atomic E-state index is 8.76. The first-order valence-electron chi connectivity index (χ1n) is 4.07. The Morgan fingerprint density at radius 3 is 2.60 bits per heavy atom. The van der Waals surface area contributed by atoms with Crippen LogP contribution in [0, 0.1) is 5.41 Å². The molecule has 58 valence electrons. The zero-order valence-electron chi connectivity index (χ0n) is 6.18. The van der Waals surface area contributed by atoms with Gasteiger partial charge in [-0.2, -0.15) is 0 Å². The molecule has 2 fully saturated rings. The summed E-state index contributed by atoms with van der Waals surface area (Å²) < 4.78 is 5.45. The summed E-state index contributed by atoms with van der Waals surface area (Å²) in [6.07, 6.45) is 5.19. The molecule has 1 saturated heterocycles. The number of aliphatic hydroxyl groups excluding tert-OH is 1. The van der Waals surface area contributed by atoms with Gasteiger partial charge in [0.1, 0.15) is 0 Å². The molecule has 1 unspecified atom stereocenters. The Bertz CT molecular complexity index is 119. The molecule has 2 rings (SSSR count). The van der Waals surface area contributed by atoms with Gasteiger partial charge in [-0.25, -0.2) is 0 Å². The van der Waals surface area contributed by atoms with Gasteiger partial charge in [-0.05, 0) is 31.1 Å². The maximum Gasteiger partial charge on any atom is 0.0806 e. The van der Waals surface area contributed by atoms with Crippen molar-refractivity contribution in [1.29, 1.82) is 0 Å². The molecule has 0 amide bonds. The van der Waals surface area contributed by atoms with Crippen molar-refractivity contribution in [2.45, 2.75) is 31.8 Å². The van der Waals surface area contributed by atoms with E-state index in [9.17, 15) is 0 Å². The number of rotatable bonds is 1. The lowest BCUT2D eigenvalue weighted by molar-refractivity contribution is -0.0501. The van der Waals surface area contributed by atoms with Gasteiger partial charge in [-0.15, -0.1) is 0 Å². The normalized spacial score (nSPS) is 36.3. The highest BCUT2D eigenvalue weighted by Gasteiger charge is 2.45. The number of ether oxygens (including phenoxy) is 1. The lowest BCUT2D eigenvalue weighted by atomic mass is 9.96. The smallest absolute Gasteiger partial charge is 0.0806 e. The maximum atomic E-state index is 8.76. The fourth-order valence-corrected chi connectivity index (χ4v) is 1.63. The summed E-state index contributed by atoms with van der Waals surface area (Å²) in [7, 11) is 0. The van der Waals surface area contributed by atoms with Crippen molar-refractivity contribution < 1.29 is 9.84 Å². The van der Waals surface area contributed by atoms with E-state index in [0.29, 0.717) is 5.41 Å². The Kier molecular flexibility index (Phi) is 1.46. The van der Waals surface area contributed by atoms with Gasteiger partial charge >= 0.3 is 0 Å². The van der Waals surface area contributed by atoms with Gasteiger partial charge in [0.25, 0.3) is 0 Å². The van der Waals surface area contributed by atoms with Gasteiger partial charge in [0, 0.05) is 0 Å². The molecule has 1 atom stereocenters. The van der Waals surface area contributed by atoms with Crippen LogP contribution < -0.4 is 0 Å². The Hall–Kier alpha value is -0.0800. The molecule has 1 heterocycles. The summed E-state index contributed by atoms with van der Waals surface area (Å²) in [5.41, 5.74) is 0.575. The minimum absolute atomic E-state index is 0.145. The van der Waals surface area contributed by atoms with Crippen molar-refractivity contribution >= 4 is 0 Å². The molecule has 1 N–H and O–H groups in total. The summed E-state index contributed by atoms with van der Waals surface area (Å²) in [6.45, 7) is 1.11. The monoisotopic (exact) mass is 142 g/mol. The number of aliphatic hydroxyl groups is 1. The zero-order chi connectivity index (χ0) is 7.03. The highest BCUT2D eigenvalue weighted by atomic mass is 16.5. The van der Waals surface area contributed by atoms with Crippen molar-refractivity contribution in [3.8, 4) is 0 Å². The van der Waals surface area contributed by atoms with Crippen molar-refractivity contribution in [2.75, 3.05) is 13.2 Å². The molecule has 0 aromatic heterocycles. The van der Waals surface area contributed by atoms with E-state index in [1.54, 1.807) is 0 Å². The molecule has 1 aliphatic heterocycles. The van der Waals surface area contributed by atoms with E-state index >= 15 is 0 Å². The Morgan fingerprint density at radius 2 is 2.20 bits per heavy atom. The average Bonchev–Trinajstić information content (AvgIpc) is 2.72. The number of hydrogen-bond acceptors (Lipinski definition) is 2. The molecule has 2 aliphatic rings. The SMILES string of the molecule is OCC1CCC2(CC2)CO1. The molecule has 0 aromatic carbocycles. The molecular formula is C8H14O2. The summed E-state index contributed by atoms with van der Waals surface area (Å²) in [6, 6.07) is 0. The third-order valence-corrected chi connectivity index (χ3v) is 2.78. The first kappa shape index (κ1) is 6.62. The van der Waals surface area contributed by atoms with Crippen LogP contribution in [0.4, 0.5) is 0 Å². The van der Waals surface area contributed by atoms with Crippen LogP contribution in [0.3, 0.4) is 0 Å². The first-order valence-corrected chi connectivity index (χ1v) is 4.07. The van der Waals surface area contributed by atoms with Gasteiger partial charge in [0.15, 0.2) is 0 Å². The van der Waals surface area contributed by atoms with E-state index in [0.717, 1.165) is 13.0 Å². The van der Waals surface area contributed by atoms with E-state index < -0.39 is 0 Å². The fraction of sp³-hybridized carbons (Fsp3) is 1.00. The van der Waals surface area contributed by atoms with Crippen LogP contribution in [0.1, 0.15) is 25.7 Å². The molecule has 0 bridgehead atoms. The summed E-state index contributed by atoms with van der Waals surface area (Å²) in [5, 5.41) is 8.76. The largest absolute Gasteiger partial charge is 0.394 e. The predicted molar refractivity (Wildman–Crippen MR) is 37.7 cm³/mol. The van der Waals surface area contributed by atoms with Crippen LogP contribution in [0.5, 0.6) is 0 Å². The van der Waals surface area contributed by atoms with Crippen LogP contribution in [-0.2, 0) is 4.74 Å². The summed E-state index contributed by atoms with van der Waals surface area (Å²) in [4.78, 5) is 0. The highest BCUT2D eigenvalue weighted by molar-refractivity contribution is 4.95. The van der Waals surface area contributed by atoms with Gasteiger partial charge in [-0.1, -0.05) is 0 Å². The lowest BCUT2D eigenvalue weighted by Gasteiger charge is -2.27. The van der Waals surface area contributed by atoms with E-state index in [1.165, 1.54) is 19.3 Å². The number of hydrogen-bond donors (Lipinski definition) is 1. The lowest BCUT2D eigenvalue weighted by Crippen LogP contribution is -2.29. The minimum Gasteiger partial charge on any atom is -0.394 e. The Balaban J connectivity index is 1.84. The molecule has 0 radical (unpaired) electrons. The van der Waals surface area contributed by atoms with E-state index in [1.807, 2.05) is 0 Å². The van der Waals surface area contributed by atoms with Crippen LogP contribution in [0.25, 0.3) is 0 Å². The van der Waals surface area contributed by atoms with Crippen LogP contribution in [0.15, 0.2) is 0 Å². The standard InChI is InChI=1S/C8H14O2/c9-5-7-1-2-8(3-4-8)6-10-7/h7,9H,1-6H2. The molecule has 0 aromatic rings. The van der Waals surface area contributed by atoms with Crippen LogP contribution >= 0.6 is 0 Å². The Morgan fingerprint density at radius 1 is 1.40 bits per heavy atom. The zero-order valence-corrected chi connectivity index (χ0v) is 6.18. The Labute approximate surface area is 61.2 Å². The van der Waals surface area contributed by atoms with Gasteiger partial charge in [0.05, 0.1) is 19.3 Å². The molecular weight excluding hydrogens is 128 g/mol. The average molecular weight is 142 g/mol. The summed E-state index contributed by atoms with van der Waals surface area (Å²) in [5.74, 6) is 0. The van der Waals surface area contributed by atoms with Crippen molar-refractivity contribution in [3.63, 3.8) is 0 Å². The second kappa shape index (κ2) is 2.21. The second-order valence-electron chi connectivity index (χ2n) is 3.65. The van der Waals surface area contributed by atoms with Gasteiger partial charge in [0.2, 0.25) is 0 Å². The van der Waals surface area contributed by atoms with Gasteiger partial charge in [-0.3, -0.25) is 0 Å². The molecule has 2 nitrogen and oxygen atoms in total. The third kappa shape index (κ3) is 1.06. The predicted octanol–water partition coefficient (Wildman–Crippen LogP) is 0.938. The van der Waals surface area contributed by atoms with Crippen molar-refractivity contribution in [3.05, 3.63) is 0 Å². The van der Waals surface area contributed by atoms with E-state index in [2.05, 4.69) is 0 Å². The van der Waals surface area contributed by atoms with Gasteiger partial charge < -0.3 is 9.84 Å². The third-order valence-electron chi connectivity index (χ3n) is 2.78. The molecule has 10 heavy (non-hydrogen) atoms. The van der Waals surface area contributed by atoms with Crippen molar-refractivity contribution in [2.24, 2.45) is 5.41 Å².